The highest BCUT2D eigenvalue weighted by molar-refractivity contribution is 8.03. The molecule has 192 valence electrons. The molecule has 2 heterocycles. The smallest absolute Gasteiger partial charge is 0.359 e. The standard InChI is InChI=1S/C24H22F3N3S.C5H12/c1-3-16(21-13-8-14-31-21)15(2)28-23-18-10-5-7-12-20(18)29-22(30-23)17-9-4-6-11-19(17)24(25,26)27;1-3-5-4-2/h3-7,9-13,22,29H,2,8,14H2,1H3,(H,28,30);3-5H2,1-2H3/b16-3+;. The molecule has 2 aromatic carbocycles. The summed E-state index contributed by atoms with van der Waals surface area (Å²) >= 11 is 1.77. The number of aliphatic imine (C=N–C) groups is 1. The Balaban J connectivity index is 0.000000658. The number of nitrogens with one attached hydrogen (secondary N) is 2. The van der Waals surface area contributed by atoms with E-state index in [-0.39, 0.29) is 5.56 Å². The monoisotopic (exact) mass is 513 g/mol. The van der Waals surface area contributed by atoms with E-state index in [0.29, 0.717) is 17.2 Å². The molecule has 0 fully saturated rings. The van der Waals surface area contributed by atoms with Crippen LogP contribution in [0.4, 0.5) is 18.9 Å². The molecule has 0 bridgehead atoms. The van der Waals surface area contributed by atoms with Crippen molar-refractivity contribution >= 4 is 23.3 Å². The van der Waals surface area contributed by atoms with Crippen LogP contribution in [0, 0.1) is 0 Å². The van der Waals surface area contributed by atoms with Gasteiger partial charge in [0.05, 0.1) is 5.56 Å². The fourth-order valence-electron chi connectivity index (χ4n) is 4.07. The number of anilines is 1. The van der Waals surface area contributed by atoms with Gasteiger partial charge in [0, 0.05) is 38.7 Å². The molecule has 0 radical (unpaired) electrons. The first-order valence-corrected chi connectivity index (χ1v) is 13.3. The molecule has 1 unspecified atom stereocenters. The molecule has 1 atom stereocenters. The van der Waals surface area contributed by atoms with Crippen LogP contribution in [0.15, 0.2) is 88.4 Å². The fraction of sp³-hybridized carbons (Fsp3) is 0.345. The van der Waals surface area contributed by atoms with E-state index in [1.54, 1.807) is 17.8 Å². The quantitative estimate of drug-likeness (QED) is 0.379. The van der Waals surface area contributed by atoms with Crippen molar-refractivity contribution in [1.82, 2.24) is 5.32 Å². The summed E-state index contributed by atoms with van der Waals surface area (Å²) in [6.07, 6.45) is 3.90. The van der Waals surface area contributed by atoms with Crippen LogP contribution in [-0.2, 0) is 6.18 Å². The van der Waals surface area contributed by atoms with Crippen molar-refractivity contribution in [3.05, 3.63) is 100 Å². The summed E-state index contributed by atoms with van der Waals surface area (Å²) in [6.45, 7) is 10.5. The summed E-state index contributed by atoms with van der Waals surface area (Å²) in [5, 5.41) is 6.41. The van der Waals surface area contributed by atoms with Gasteiger partial charge in [0.15, 0.2) is 0 Å². The molecule has 4 rings (SSSR count). The third kappa shape index (κ3) is 6.84. The summed E-state index contributed by atoms with van der Waals surface area (Å²) in [5.41, 5.74) is 2.53. The third-order valence-electron chi connectivity index (χ3n) is 5.85. The maximum atomic E-state index is 13.6. The molecule has 2 N–H and O–H groups in total. The van der Waals surface area contributed by atoms with E-state index in [2.05, 4.69) is 42.1 Å². The summed E-state index contributed by atoms with van der Waals surface area (Å²) in [7, 11) is 0. The van der Waals surface area contributed by atoms with Gasteiger partial charge < -0.3 is 10.6 Å². The van der Waals surface area contributed by atoms with E-state index < -0.39 is 17.9 Å². The number of halogens is 3. The first-order valence-electron chi connectivity index (χ1n) is 12.4. The van der Waals surface area contributed by atoms with Gasteiger partial charge in [-0.1, -0.05) is 82.2 Å². The second kappa shape index (κ2) is 12.9. The van der Waals surface area contributed by atoms with E-state index in [9.17, 15) is 13.2 Å². The average molecular weight is 514 g/mol. The number of fused-ring (bicyclic) bond motifs is 1. The zero-order chi connectivity index (χ0) is 26.1. The number of hydrogen-bond donors (Lipinski definition) is 2. The van der Waals surface area contributed by atoms with Crippen molar-refractivity contribution in [2.45, 2.75) is 58.8 Å². The van der Waals surface area contributed by atoms with E-state index in [0.717, 1.165) is 34.3 Å². The molecule has 0 aliphatic carbocycles. The average Bonchev–Trinajstić information content (AvgIpc) is 3.39. The van der Waals surface area contributed by atoms with E-state index >= 15 is 0 Å². The van der Waals surface area contributed by atoms with Gasteiger partial charge in [-0.05, 0) is 31.5 Å². The number of para-hydroxylation sites is 1. The number of alkyl halides is 3. The predicted molar refractivity (Wildman–Crippen MR) is 147 cm³/mol. The molecule has 7 heteroatoms. The SMILES string of the molecule is C=C(NC1=NC(c2ccccc2C(F)(F)F)Nc2ccccc21)/C(=C\C)C1=CCCS1.CCCCC. The lowest BCUT2D eigenvalue weighted by Gasteiger charge is -2.28. The lowest BCUT2D eigenvalue weighted by Crippen LogP contribution is -2.31. The minimum absolute atomic E-state index is 0.0785. The lowest BCUT2D eigenvalue weighted by atomic mass is 10.0. The van der Waals surface area contributed by atoms with Crippen molar-refractivity contribution in [3.63, 3.8) is 0 Å². The third-order valence-corrected chi connectivity index (χ3v) is 6.99. The Morgan fingerprint density at radius 3 is 2.44 bits per heavy atom. The van der Waals surface area contributed by atoms with Gasteiger partial charge in [-0.25, -0.2) is 4.99 Å². The van der Waals surface area contributed by atoms with Crippen LogP contribution in [0.25, 0.3) is 0 Å². The summed E-state index contributed by atoms with van der Waals surface area (Å²) < 4.78 is 40.8. The number of benzene rings is 2. The fourth-order valence-corrected chi connectivity index (χ4v) is 5.16. The Hall–Kier alpha value is -2.93. The second-order valence-corrected chi connectivity index (χ2v) is 9.66. The normalized spacial score (nSPS) is 17.2. The second-order valence-electron chi connectivity index (χ2n) is 8.52. The number of nitrogens with zero attached hydrogens (tertiary/aromatic N) is 1. The Morgan fingerprint density at radius 1 is 1.14 bits per heavy atom. The number of unbranched alkanes of at least 4 members (excludes halogenated alkanes) is 2. The summed E-state index contributed by atoms with van der Waals surface area (Å²) in [6, 6.07) is 13.0. The predicted octanol–water partition coefficient (Wildman–Crippen LogP) is 8.84. The van der Waals surface area contributed by atoms with Crippen molar-refractivity contribution < 1.29 is 13.2 Å². The zero-order valence-corrected chi connectivity index (χ0v) is 21.9. The van der Waals surface area contributed by atoms with Crippen LogP contribution in [0.3, 0.4) is 0 Å². The first-order chi connectivity index (χ1) is 17.3. The number of amidine groups is 1. The Bertz CT molecular complexity index is 1150. The van der Waals surface area contributed by atoms with Crippen molar-refractivity contribution in [1.29, 1.82) is 0 Å². The van der Waals surface area contributed by atoms with Crippen LogP contribution in [-0.4, -0.2) is 11.6 Å². The molecular weight excluding hydrogens is 479 g/mol. The van der Waals surface area contributed by atoms with E-state index in [4.69, 9.17) is 0 Å². The molecular formula is C29H34F3N3S. The highest BCUT2D eigenvalue weighted by Gasteiger charge is 2.36. The van der Waals surface area contributed by atoms with E-state index in [1.807, 2.05) is 37.3 Å². The van der Waals surface area contributed by atoms with Gasteiger partial charge in [-0.15, -0.1) is 11.8 Å². The van der Waals surface area contributed by atoms with Crippen LogP contribution in [0.5, 0.6) is 0 Å². The minimum Gasteiger partial charge on any atom is -0.359 e. The molecule has 2 aliphatic heterocycles. The molecule has 0 spiro atoms. The van der Waals surface area contributed by atoms with Gasteiger partial charge in [0.1, 0.15) is 12.0 Å². The molecule has 3 nitrogen and oxygen atoms in total. The van der Waals surface area contributed by atoms with Crippen LogP contribution in [0.1, 0.15) is 69.3 Å². The van der Waals surface area contributed by atoms with Crippen molar-refractivity contribution in [2.24, 2.45) is 4.99 Å². The van der Waals surface area contributed by atoms with Gasteiger partial charge in [-0.3, -0.25) is 0 Å². The zero-order valence-electron chi connectivity index (χ0n) is 21.1. The molecule has 0 aromatic heterocycles. The number of thioether (sulfide) groups is 1. The van der Waals surface area contributed by atoms with Crippen LogP contribution < -0.4 is 10.6 Å². The molecule has 36 heavy (non-hydrogen) atoms. The van der Waals surface area contributed by atoms with Crippen LogP contribution in [0.2, 0.25) is 0 Å². The van der Waals surface area contributed by atoms with Gasteiger partial charge in [0.2, 0.25) is 0 Å². The maximum Gasteiger partial charge on any atom is 0.416 e. The number of rotatable bonds is 6. The molecule has 0 saturated heterocycles. The van der Waals surface area contributed by atoms with E-state index in [1.165, 1.54) is 31.4 Å². The Morgan fingerprint density at radius 2 is 1.83 bits per heavy atom. The van der Waals surface area contributed by atoms with Crippen molar-refractivity contribution in [3.8, 4) is 0 Å². The van der Waals surface area contributed by atoms with Crippen molar-refractivity contribution in [2.75, 3.05) is 11.1 Å². The Labute approximate surface area is 216 Å². The van der Waals surface area contributed by atoms with Gasteiger partial charge in [-0.2, -0.15) is 13.2 Å². The highest BCUT2D eigenvalue weighted by Crippen LogP contribution is 2.38. The topological polar surface area (TPSA) is 36.4 Å². The first kappa shape index (κ1) is 27.7. The van der Waals surface area contributed by atoms with Gasteiger partial charge >= 0.3 is 6.18 Å². The maximum absolute atomic E-state index is 13.6. The highest BCUT2D eigenvalue weighted by atomic mass is 32.2. The number of hydrogen-bond acceptors (Lipinski definition) is 4. The largest absolute Gasteiger partial charge is 0.416 e. The summed E-state index contributed by atoms with van der Waals surface area (Å²) in [5.74, 6) is 1.52. The Kier molecular flexibility index (Phi) is 9.88. The molecule has 2 aliphatic rings. The summed E-state index contributed by atoms with van der Waals surface area (Å²) in [4.78, 5) is 5.79. The number of allylic oxidation sites excluding steroid dienone is 3. The van der Waals surface area contributed by atoms with Gasteiger partial charge in [0.25, 0.3) is 0 Å². The molecule has 0 saturated carbocycles. The van der Waals surface area contributed by atoms with Crippen LogP contribution >= 0.6 is 11.8 Å². The lowest BCUT2D eigenvalue weighted by molar-refractivity contribution is -0.138. The molecule has 2 aromatic rings. The molecule has 0 amide bonds. The minimum atomic E-state index is -4.47.